The van der Waals surface area contributed by atoms with Crippen LogP contribution in [-0.2, 0) is 16.2 Å². The van der Waals surface area contributed by atoms with E-state index in [9.17, 15) is 4.79 Å². The second kappa shape index (κ2) is 7.81. The molecular formula is C14H13BrN2O2S. The molecule has 0 aliphatic rings. The Morgan fingerprint density at radius 2 is 2.15 bits per heavy atom. The molecule has 2 rings (SSSR count). The zero-order chi connectivity index (χ0) is 14.2. The van der Waals surface area contributed by atoms with Crippen molar-refractivity contribution in [3.8, 4) is 0 Å². The predicted octanol–water partition coefficient (Wildman–Crippen LogP) is 3.18. The summed E-state index contributed by atoms with van der Waals surface area (Å²) >= 11 is 4.95. The van der Waals surface area contributed by atoms with E-state index in [0.717, 1.165) is 14.9 Å². The number of hydrogen-bond acceptors (Lipinski definition) is 4. The third-order valence-corrected chi connectivity index (χ3v) is 3.79. The van der Waals surface area contributed by atoms with Crippen molar-refractivity contribution in [2.75, 3.05) is 6.61 Å². The molecule has 0 aliphatic heterocycles. The number of benzene rings is 1. The van der Waals surface area contributed by atoms with Gasteiger partial charge < -0.3 is 10.2 Å². The van der Waals surface area contributed by atoms with Crippen LogP contribution in [0.1, 0.15) is 10.4 Å². The lowest BCUT2D eigenvalue weighted by molar-refractivity contribution is -0.125. The van der Waals surface area contributed by atoms with E-state index in [1.807, 2.05) is 41.8 Å². The lowest BCUT2D eigenvalue weighted by Gasteiger charge is -2.02. The fourth-order valence-corrected chi connectivity index (χ4v) is 2.30. The first-order valence-corrected chi connectivity index (χ1v) is 7.61. The SMILES string of the molecule is O=C(CO/N=C\c1ccc(Br)cc1)NCc1cccs1. The normalized spacial score (nSPS) is 10.7. The van der Waals surface area contributed by atoms with E-state index in [-0.39, 0.29) is 12.5 Å². The third kappa shape index (κ3) is 5.14. The van der Waals surface area contributed by atoms with Crippen LogP contribution < -0.4 is 5.32 Å². The Morgan fingerprint density at radius 1 is 1.35 bits per heavy atom. The lowest BCUT2D eigenvalue weighted by atomic mass is 10.2. The van der Waals surface area contributed by atoms with Crippen LogP contribution >= 0.6 is 27.3 Å². The van der Waals surface area contributed by atoms with Gasteiger partial charge >= 0.3 is 0 Å². The fraction of sp³-hybridized carbons (Fsp3) is 0.143. The molecule has 1 N–H and O–H groups in total. The zero-order valence-corrected chi connectivity index (χ0v) is 13.0. The summed E-state index contributed by atoms with van der Waals surface area (Å²) in [5.41, 5.74) is 0.909. The predicted molar refractivity (Wildman–Crippen MR) is 83.9 cm³/mol. The van der Waals surface area contributed by atoms with Gasteiger partial charge in [-0.05, 0) is 29.1 Å². The maximum Gasteiger partial charge on any atom is 0.261 e. The molecule has 0 atom stereocenters. The first-order chi connectivity index (χ1) is 9.74. The number of thiophene rings is 1. The number of nitrogens with zero attached hydrogens (tertiary/aromatic N) is 1. The Balaban J connectivity index is 1.67. The van der Waals surface area contributed by atoms with Crippen molar-refractivity contribution in [3.63, 3.8) is 0 Å². The number of hydrogen-bond donors (Lipinski definition) is 1. The van der Waals surface area contributed by atoms with Crippen molar-refractivity contribution in [1.29, 1.82) is 0 Å². The van der Waals surface area contributed by atoms with Crippen molar-refractivity contribution in [2.45, 2.75) is 6.54 Å². The Morgan fingerprint density at radius 3 is 2.85 bits per heavy atom. The van der Waals surface area contributed by atoms with Gasteiger partial charge in [0.15, 0.2) is 6.61 Å². The van der Waals surface area contributed by atoms with Gasteiger partial charge in [-0.15, -0.1) is 11.3 Å². The van der Waals surface area contributed by atoms with Crippen molar-refractivity contribution in [3.05, 3.63) is 56.7 Å². The number of nitrogens with one attached hydrogen (secondary N) is 1. The van der Waals surface area contributed by atoms with Gasteiger partial charge in [-0.3, -0.25) is 4.79 Å². The quantitative estimate of drug-likeness (QED) is 0.641. The maximum absolute atomic E-state index is 11.5. The van der Waals surface area contributed by atoms with Crippen LogP contribution in [0.4, 0.5) is 0 Å². The molecule has 1 aromatic heterocycles. The number of amides is 1. The molecule has 0 aliphatic carbocycles. The van der Waals surface area contributed by atoms with Gasteiger partial charge in [-0.25, -0.2) is 0 Å². The van der Waals surface area contributed by atoms with E-state index >= 15 is 0 Å². The largest absolute Gasteiger partial charge is 0.386 e. The van der Waals surface area contributed by atoms with Crippen LogP contribution in [0.3, 0.4) is 0 Å². The van der Waals surface area contributed by atoms with Gasteiger partial charge in [0.05, 0.1) is 12.8 Å². The summed E-state index contributed by atoms with van der Waals surface area (Å²) in [5.74, 6) is -0.189. The molecule has 0 fully saturated rings. The van der Waals surface area contributed by atoms with Crippen LogP contribution in [0.15, 0.2) is 51.4 Å². The van der Waals surface area contributed by atoms with Gasteiger partial charge in [0.1, 0.15) is 0 Å². The molecule has 4 nitrogen and oxygen atoms in total. The summed E-state index contributed by atoms with van der Waals surface area (Å²) in [5, 5.41) is 8.49. The average Bonchev–Trinajstić information content (AvgIpc) is 2.96. The van der Waals surface area contributed by atoms with Crippen molar-refractivity contribution < 1.29 is 9.63 Å². The molecule has 1 heterocycles. The zero-order valence-electron chi connectivity index (χ0n) is 10.6. The summed E-state index contributed by atoms with van der Waals surface area (Å²) in [6.45, 7) is 0.439. The van der Waals surface area contributed by atoms with Crippen LogP contribution in [-0.4, -0.2) is 18.7 Å². The van der Waals surface area contributed by atoms with E-state index in [2.05, 4.69) is 26.4 Å². The van der Waals surface area contributed by atoms with Gasteiger partial charge in [-0.2, -0.15) is 0 Å². The summed E-state index contributed by atoms with van der Waals surface area (Å²) < 4.78 is 1.00. The molecule has 1 aromatic carbocycles. The molecule has 20 heavy (non-hydrogen) atoms. The molecule has 6 heteroatoms. The molecule has 104 valence electrons. The molecule has 2 aromatic rings. The van der Waals surface area contributed by atoms with E-state index in [4.69, 9.17) is 4.84 Å². The minimum Gasteiger partial charge on any atom is -0.386 e. The minimum absolute atomic E-state index is 0.0849. The van der Waals surface area contributed by atoms with Gasteiger partial charge in [0.2, 0.25) is 0 Å². The molecule has 0 radical (unpaired) electrons. The topological polar surface area (TPSA) is 50.7 Å². The van der Waals surface area contributed by atoms with Gasteiger partial charge in [0, 0.05) is 9.35 Å². The average molecular weight is 353 g/mol. The first kappa shape index (κ1) is 14.7. The Bertz CT molecular complexity index is 567. The van der Waals surface area contributed by atoms with Crippen LogP contribution in [0.5, 0.6) is 0 Å². The highest BCUT2D eigenvalue weighted by molar-refractivity contribution is 9.10. The molecule has 1 amide bonds. The minimum atomic E-state index is -0.189. The summed E-state index contributed by atoms with van der Waals surface area (Å²) in [6, 6.07) is 11.5. The number of oxime groups is 1. The molecule has 0 bridgehead atoms. The highest BCUT2D eigenvalue weighted by Crippen LogP contribution is 2.09. The highest BCUT2D eigenvalue weighted by atomic mass is 79.9. The van der Waals surface area contributed by atoms with E-state index in [1.165, 1.54) is 0 Å². The van der Waals surface area contributed by atoms with Crippen LogP contribution in [0.2, 0.25) is 0 Å². The summed E-state index contributed by atoms with van der Waals surface area (Å²) in [7, 11) is 0. The van der Waals surface area contributed by atoms with E-state index in [1.54, 1.807) is 17.6 Å². The molecule has 0 unspecified atom stereocenters. The molecular weight excluding hydrogens is 340 g/mol. The molecule has 0 saturated carbocycles. The second-order valence-electron chi connectivity index (χ2n) is 3.92. The third-order valence-electron chi connectivity index (χ3n) is 2.38. The first-order valence-electron chi connectivity index (χ1n) is 5.94. The maximum atomic E-state index is 11.5. The number of carbonyl (C=O) groups excluding carboxylic acids is 1. The lowest BCUT2D eigenvalue weighted by Crippen LogP contribution is -2.26. The number of rotatable bonds is 6. The Kier molecular flexibility index (Phi) is 5.76. The van der Waals surface area contributed by atoms with Crippen LogP contribution in [0, 0.1) is 0 Å². The van der Waals surface area contributed by atoms with Gasteiger partial charge in [0.25, 0.3) is 5.91 Å². The Labute approximate surface area is 129 Å². The van der Waals surface area contributed by atoms with Gasteiger partial charge in [-0.1, -0.05) is 39.3 Å². The summed E-state index contributed by atoms with van der Waals surface area (Å²) in [4.78, 5) is 17.5. The molecule has 0 saturated heterocycles. The van der Waals surface area contributed by atoms with E-state index in [0.29, 0.717) is 6.54 Å². The van der Waals surface area contributed by atoms with Crippen molar-refractivity contribution in [1.82, 2.24) is 5.32 Å². The van der Waals surface area contributed by atoms with Crippen molar-refractivity contribution in [2.24, 2.45) is 5.16 Å². The fourth-order valence-electron chi connectivity index (χ4n) is 1.39. The number of halogens is 1. The second-order valence-corrected chi connectivity index (χ2v) is 5.86. The highest BCUT2D eigenvalue weighted by Gasteiger charge is 2.01. The van der Waals surface area contributed by atoms with E-state index < -0.39 is 0 Å². The standard InChI is InChI=1S/C14H13BrN2O2S/c15-12-5-3-11(4-6-12)8-17-19-10-14(18)16-9-13-2-1-7-20-13/h1-8H,9-10H2,(H,16,18)/b17-8-. The number of carbonyl (C=O) groups is 1. The van der Waals surface area contributed by atoms with Crippen molar-refractivity contribution >= 4 is 39.4 Å². The summed E-state index contributed by atoms with van der Waals surface area (Å²) in [6.07, 6.45) is 1.57. The smallest absolute Gasteiger partial charge is 0.261 e. The van der Waals surface area contributed by atoms with Crippen LogP contribution in [0.25, 0.3) is 0 Å². The molecule has 0 spiro atoms. The monoisotopic (exact) mass is 352 g/mol. The Hall–Kier alpha value is -1.66.